The number of fused-ring (bicyclic) bond motifs is 22. The van der Waals surface area contributed by atoms with Crippen molar-refractivity contribution in [1.82, 2.24) is 0 Å². The molecule has 716 valence electrons. The van der Waals surface area contributed by atoms with Gasteiger partial charge in [-0.3, -0.25) is 19.2 Å². The molecule has 19 rings (SSSR count). The number of rotatable bonds is 48. The average Bonchev–Trinajstić information content (AvgIpc) is 1.60. The van der Waals surface area contributed by atoms with Gasteiger partial charge in [-0.25, -0.2) is 19.2 Å². The molecule has 34 unspecified atom stereocenters. The largest absolute Gasteiger partial charge is 0.465 e. The molecule has 2 heterocycles. The summed E-state index contributed by atoms with van der Waals surface area (Å²) in [6, 6.07) is 13.7. The Labute approximate surface area is 776 Å². The number of carbonyl (C=O) groups excluding carboxylic acids is 8. The van der Waals surface area contributed by atoms with E-state index in [1.54, 1.807) is 48.5 Å². The minimum atomic E-state index is -0.393. The van der Waals surface area contributed by atoms with E-state index in [9.17, 15) is 38.4 Å². The van der Waals surface area contributed by atoms with Crippen LogP contribution in [0.5, 0.6) is 0 Å². The molecule has 2 aromatic carbocycles. The predicted octanol–water partition coefficient (Wildman–Crippen LogP) is 23.2. The Morgan fingerprint density at radius 1 is 0.269 bits per heavy atom. The second kappa shape index (κ2) is 43.2. The summed E-state index contributed by atoms with van der Waals surface area (Å²) in [6.07, 6.45) is 55.9. The van der Waals surface area contributed by atoms with Crippen molar-refractivity contribution in [2.24, 2.45) is 178 Å². The van der Waals surface area contributed by atoms with Crippen LogP contribution in [0.3, 0.4) is 0 Å². The van der Waals surface area contributed by atoms with Crippen LogP contribution in [-0.2, 0) is 66.5 Å². The second-order valence-corrected chi connectivity index (χ2v) is 46.6. The summed E-state index contributed by atoms with van der Waals surface area (Å²) in [6.45, 7) is 8.32. The van der Waals surface area contributed by atoms with Crippen LogP contribution in [0.25, 0.3) is 0 Å². The molecule has 0 aromatic heterocycles. The Kier molecular flexibility index (Phi) is 31.0. The van der Waals surface area contributed by atoms with E-state index < -0.39 is 11.9 Å². The normalized spacial score (nSPS) is 38.8. The van der Waals surface area contributed by atoms with Crippen LogP contribution in [0.4, 0.5) is 0 Å². The van der Waals surface area contributed by atoms with Crippen molar-refractivity contribution in [2.45, 2.75) is 346 Å². The van der Waals surface area contributed by atoms with Crippen LogP contribution in [0.1, 0.15) is 363 Å². The Balaban J connectivity index is 0.364. The van der Waals surface area contributed by atoms with Crippen molar-refractivity contribution < 1.29 is 85.7 Å². The lowest BCUT2D eigenvalue weighted by molar-refractivity contribution is -0.151. The van der Waals surface area contributed by atoms with Gasteiger partial charge in [-0.05, 0) is 382 Å². The SMILES string of the molecule is CCCCCCCCC1CCC(CCCCCC)C(CCCCCCC(=O)OCC2CC3CC2C2CC(COC(=O)c4cccc(C(=O)OCC5CC6CC5C5CC(COC(=O)C7CCC8OC8C7)CC65)c4)CC32)C1CCCCCCC(=O)OCC1CC2CC1C1CC(COC(=O)c3cccc(C(=O)OCC4CC5CC4C4CC(COC(=O)C6CCC7OC7C6)CC54)c3)CC21. The quantitative estimate of drug-likeness (QED) is 0.0259. The number of benzene rings is 2. The second-order valence-electron chi connectivity index (χ2n) is 46.6. The summed E-state index contributed by atoms with van der Waals surface area (Å²) in [7, 11) is 0. The van der Waals surface area contributed by atoms with E-state index in [1.165, 1.54) is 154 Å². The highest BCUT2D eigenvalue weighted by Crippen LogP contribution is 2.67. The summed E-state index contributed by atoms with van der Waals surface area (Å²) in [5, 5.41) is 0. The first kappa shape index (κ1) is 93.2. The molecule has 2 aliphatic heterocycles. The average molecular weight is 1790 g/mol. The van der Waals surface area contributed by atoms with E-state index in [0.717, 1.165) is 165 Å². The van der Waals surface area contributed by atoms with Crippen LogP contribution >= 0.6 is 0 Å². The summed E-state index contributed by atoms with van der Waals surface area (Å²) in [5.41, 5.74) is 1.52. The maximum Gasteiger partial charge on any atom is 0.338 e. The maximum atomic E-state index is 13.6. The maximum absolute atomic E-state index is 13.6. The fourth-order valence-electron chi connectivity index (χ4n) is 32.9. The molecule has 8 bridgehead atoms. The molecule has 0 N–H and O–H groups in total. The van der Waals surface area contributed by atoms with Crippen LogP contribution < -0.4 is 0 Å². The molecule has 15 saturated carbocycles. The van der Waals surface area contributed by atoms with Crippen molar-refractivity contribution in [3.8, 4) is 0 Å². The molecule has 18 nitrogen and oxygen atoms in total. The molecule has 2 aromatic rings. The fourth-order valence-corrected chi connectivity index (χ4v) is 32.9. The van der Waals surface area contributed by atoms with Gasteiger partial charge < -0.3 is 47.4 Å². The molecular weight excluding hydrogens is 1630 g/mol. The number of epoxide rings is 2. The van der Waals surface area contributed by atoms with E-state index >= 15 is 0 Å². The van der Waals surface area contributed by atoms with Gasteiger partial charge in [0.15, 0.2) is 0 Å². The lowest BCUT2D eigenvalue weighted by Crippen LogP contribution is -2.35. The Morgan fingerprint density at radius 3 is 0.923 bits per heavy atom. The van der Waals surface area contributed by atoms with Gasteiger partial charge in [0, 0.05) is 12.8 Å². The topological polar surface area (TPSA) is 235 Å². The van der Waals surface area contributed by atoms with E-state index in [1.807, 2.05) is 0 Å². The molecule has 17 aliphatic rings. The number of unbranched alkanes of at least 4 members (excludes halogenated alkanes) is 14. The van der Waals surface area contributed by atoms with Crippen LogP contribution in [0.15, 0.2) is 48.5 Å². The number of ether oxygens (including phenoxy) is 10. The smallest absolute Gasteiger partial charge is 0.338 e. The van der Waals surface area contributed by atoms with Gasteiger partial charge in [0.05, 0.1) is 111 Å². The zero-order valence-electron chi connectivity index (χ0n) is 79.2. The summed E-state index contributed by atoms with van der Waals surface area (Å²) in [5.74, 6) is 14.2. The number of hydrogen-bond acceptors (Lipinski definition) is 18. The highest BCUT2D eigenvalue weighted by atomic mass is 16.6. The molecule has 0 amide bonds. The van der Waals surface area contributed by atoms with Crippen LogP contribution in [-0.4, -0.2) is 125 Å². The monoisotopic (exact) mass is 1790 g/mol. The lowest BCUT2D eigenvalue weighted by atomic mass is 9.61. The first-order valence-electron chi connectivity index (χ1n) is 54.4. The van der Waals surface area contributed by atoms with Gasteiger partial charge in [0.1, 0.15) is 0 Å². The van der Waals surface area contributed by atoms with Crippen molar-refractivity contribution in [3.63, 3.8) is 0 Å². The summed E-state index contributed by atoms with van der Waals surface area (Å²) in [4.78, 5) is 107. The van der Waals surface area contributed by atoms with Crippen molar-refractivity contribution >= 4 is 47.8 Å². The molecule has 2 saturated heterocycles. The standard InChI is InChI=1S/C112H160O18/c1-3-5-7-9-10-16-24-72-34-33-71(23-15-8-6-4-2)87(29-17-11-13-19-31-105(113)121-63-83-49-79-53-93(83)97-43-67(39-89(79)97)59-123-107(115)73-25-21-27-75(47-73)109(117)127-65-85-51-81-55-95(85)99-45-69(41-91(81)99)61-125-111(119)77-35-37-101-103(57-77)129-101)88(72)30-18-12-14-20-32-106(114)122-64-84-50-80-54-94(84)98-44-68(40-90(80)98)60-124-108(116)74-26-22-28-76(48-74)110(118)128-66-86-52-82-56-96(86)100-46-70(42-92(82)100)62-126-112(120)78-36-38-102-104(58-78)130-102/h21-22,25-28,47-48,67-72,77-104H,3-20,23-24,29-46,49-66H2,1-2H3. The molecular formula is C112H160O18. The highest BCUT2D eigenvalue weighted by Gasteiger charge is 2.61. The predicted molar refractivity (Wildman–Crippen MR) is 493 cm³/mol. The number of carbonyl (C=O) groups is 8. The van der Waals surface area contributed by atoms with E-state index in [-0.39, 0.29) is 59.9 Å². The molecule has 18 heteroatoms. The molecule has 0 radical (unpaired) electrons. The summed E-state index contributed by atoms with van der Waals surface area (Å²) >= 11 is 0. The minimum Gasteiger partial charge on any atom is -0.465 e. The Bertz CT molecular complexity index is 4170. The van der Waals surface area contributed by atoms with Gasteiger partial charge in [-0.2, -0.15) is 0 Å². The molecule has 34 atom stereocenters. The third kappa shape index (κ3) is 22.0. The molecule has 130 heavy (non-hydrogen) atoms. The minimum absolute atomic E-state index is 0.0141. The van der Waals surface area contributed by atoms with Gasteiger partial charge in [0.2, 0.25) is 0 Å². The van der Waals surface area contributed by atoms with E-state index in [0.29, 0.717) is 242 Å². The van der Waals surface area contributed by atoms with Gasteiger partial charge in [0.25, 0.3) is 0 Å². The zero-order chi connectivity index (χ0) is 88.9. The van der Waals surface area contributed by atoms with Gasteiger partial charge in [-0.15, -0.1) is 0 Å². The van der Waals surface area contributed by atoms with Gasteiger partial charge >= 0.3 is 47.8 Å². The first-order chi connectivity index (χ1) is 63.6. The number of hydrogen-bond donors (Lipinski definition) is 0. The fraction of sp³-hybridized carbons (Fsp3) is 0.821. The third-order valence-electron chi connectivity index (χ3n) is 39.1. The Morgan fingerprint density at radius 2 is 0.569 bits per heavy atom. The van der Waals surface area contributed by atoms with E-state index in [4.69, 9.17) is 47.4 Å². The van der Waals surface area contributed by atoms with Crippen molar-refractivity contribution in [3.05, 3.63) is 70.8 Å². The van der Waals surface area contributed by atoms with Crippen molar-refractivity contribution in [1.29, 1.82) is 0 Å². The zero-order valence-corrected chi connectivity index (χ0v) is 79.2. The van der Waals surface area contributed by atoms with E-state index in [2.05, 4.69) is 13.8 Å². The summed E-state index contributed by atoms with van der Waals surface area (Å²) < 4.78 is 59.5. The number of esters is 8. The first-order valence-corrected chi connectivity index (χ1v) is 54.4. The van der Waals surface area contributed by atoms with Crippen LogP contribution in [0, 0.1) is 178 Å². The molecule has 15 aliphatic carbocycles. The van der Waals surface area contributed by atoms with Crippen molar-refractivity contribution in [2.75, 3.05) is 52.9 Å². The third-order valence-corrected chi connectivity index (χ3v) is 39.1. The Hall–Kier alpha value is -5.88. The van der Waals surface area contributed by atoms with Gasteiger partial charge in [-0.1, -0.05) is 142 Å². The van der Waals surface area contributed by atoms with Crippen LogP contribution in [0.2, 0.25) is 0 Å². The molecule has 0 spiro atoms. The lowest BCUT2D eigenvalue weighted by Gasteiger charge is -2.44. The highest BCUT2D eigenvalue weighted by molar-refractivity contribution is 5.96. The molecule has 17 fully saturated rings.